The van der Waals surface area contributed by atoms with Crippen molar-refractivity contribution in [3.63, 3.8) is 0 Å². The number of carbonyl (C=O) groups excluding carboxylic acids is 2. The van der Waals surface area contributed by atoms with Crippen LogP contribution < -0.4 is 20.3 Å². The molecule has 2 aromatic carbocycles. The third-order valence-corrected chi connectivity index (χ3v) is 4.51. The number of benzene rings is 2. The molecule has 2 amide bonds. The molecule has 1 unspecified atom stereocenters. The summed E-state index contributed by atoms with van der Waals surface area (Å²) in [6.07, 6.45) is 1.32. The van der Waals surface area contributed by atoms with Crippen molar-refractivity contribution < 1.29 is 23.1 Å². The second-order valence-electron chi connectivity index (χ2n) is 6.52. The minimum atomic E-state index is -0.846. The third kappa shape index (κ3) is 4.21. The van der Waals surface area contributed by atoms with Gasteiger partial charge in [-0.25, -0.2) is 8.78 Å². The van der Waals surface area contributed by atoms with Gasteiger partial charge in [-0.05, 0) is 37.6 Å². The number of rotatable bonds is 6. The van der Waals surface area contributed by atoms with Crippen LogP contribution in [0.25, 0.3) is 0 Å². The van der Waals surface area contributed by atoms with E-state index >= 15 is 0 Å². The maximum absolute atomic E-state index is 13.7. The normalized spacial score (nSPS) is 14.7. The third-order valence-electron chi connectivity index (χ3n) is 4.51. The average molecular weight is 389 g/mol. The number of hydrogen-bond donors (Lipinski definition) is 2. The van der Waals surface area contributed by atoms with E-state index in [1.165, 1.54) is 13.2 Å². The fourth-order valence-electron chi connectivity index (χ4n) is 3.04. The van der Waals surface area contributed by atoms with Gasteiger partial charge in [-0.15, -0.1) is 0 Å². The van der Waals surface area contributed by atoms with E-state index < -0.39 is 23.6 Å². The van der Waals surface area contributed by atoms with Gasteiger partial charge in [-0.3, -0.25) is 9.59 Å². The van der Waals surface area contributed by atoms with E-state index in [-0.39, 0.29) is 11.6 Å². The van der Waals surface area contributed by atoms with Crippen LogP contribution in [-0.4, -0.2) is 31.5 Å². The average Bonchev–Trinajstić information content (AvgIpc) is 3.09. The van der Waals surface area contributed by atoms with Crippen LogP contribution in [0.15, 0.2) is 36.4 Å². The Kier molecular flexibility index (Phi) is 5.77. The van der Waals surface area contributed by atoms with Crippen molar-refractivity contribution in [3.05, 3.63) is 48.0 Å². The molecule has 0 aromatic heterocycles. The molecule has 2 aromatic rings. The Morgan fingerprint density at radius 3 is 2.64 bits per heavy atom. The molecule has 1 aliphatic rings. The molecule has 1 aliphatic heterocycles. The molecule has 28 heavy (non-hydrogen) atoms. The van der Waals surface area contributed by atoms with Crippen molar-refractivity contribution >= 4 is 28.9 Å². The second-order valence-corrected chi connectivity index (χ2v) is 6.52. The molecule has 0 spiro atoms. The number of nitrogens with one attached hydrogen (secondary N) is 2. The predicted molar refractivity (Wildman–Crippen MR) is 103 cm³/mol. The van der Waals surface area contributed by atoms with Crippen molar-refractivity contribution in [1.82, 2.24) is 0 Å². The van der Waals surface area contributed by atoms with Gasteiger partial charge in [0.2, 0.25) is 11.8 Å². The smallest absolute Gasteiger partial charge is 0.246 e. The number of ether oxygens (including phenoxy) is 1. The lowest BCUT2D eigenvalue weighted by atomic mass is 10.2. The molecule has 1 atom stereocenters. The van der Waals surface area contributed by atoms with Crippen LogP contribution in [0.2, 0.25) is 0 Å². The Hall–Kier alpha value is -3.16. The van der Waals surface area contributed by atoms with Crippen LogP contribution in [0, 0.1) is 11.6 Å². The summed E-state index contributed by atoms with van der Waals surface area (Å²) in [4.78, 5) is 26.0. The molecule has 3 rings (SSSR count). The lowest BCUT2D eigenvalue weighted by Crippen LogP contribution is -2.32. The molecule has 8 heteroatoms. The predicted octanol–water partition coefficient (Wildman–Crippen LogP) is 3.54. The molecule has 0 saturated carbocycles. The van der Waals surface area contributed by atoms with Gasteiger partial charge in [0.25, 0.3) is 0 Å². The first kappa shape index (κ1) is 19.6. The van der Waals surface area contributed by atoms with Crippen molar-refractivity contribution in [2.24, 2.45) is 0 Å². The van der Waals surface area contributed by atoms with Gasteiger partial charge in [-0.1, -0.05) is 0 Å². The van der Waals surface area contributed by atoms with E-state index in [1.807, 2.05) is 0 Å². The van der Waals surface area contributed by atoms with Gasteiger partial charge in [0.05, 0.1) is 18.5 Å². The van der Waals surface area contributed by atoms with Crippen molar-refractivity contribution in [3.8, 4) is 5.75 Å². The Morgan fingerprint density at radius 2 is 2.00 bits per heavy atom. The molecule has 2 N–H and O–H groups in total. The molecule has 1 saturated heterocycles. The minimum Gasteiger partial charge on any atom is -0.494 e. The van der Waals surface area contributed by atoms with Gasteiger partial charge in [0.1, 0.15) is 23.4 Å². The molecular formula is C20H21F2N3O3. The Balaban J connectivity index is 1.70. The Morgan fingerprint density at radius 1 is 1.21 bits per heavy atom. The highest BCUT2D eigenvalue weighted by atomic mass is 19.1. The number of halogens is 2. The zero-order valence-electron chi connectivity index (χ0n) is 15.6. The van der Waals surface area contributed by atoms with Crippen molar-refractivity contribution in [1.29, 1.82) is 0 Å². The highest BCUT2D eigenvalue weighted by molar-refractivity contribution is 5.98. The molecule has 0 bridgehead atoms. The van der Waals surface area contributed by atoms with Crippen LogP contribution in [0.5, 0.6) is 5.75 Å². The van der Waals surface area contributed by atoms with E-state index in [0.717, 1.165) is 12.5 Å². The largest absolute Gasteiger partial charge is 0.494 e. The topological polar surface area (TPSA) is 70.7 Å². The maximum atomic E-state index is 13.7. The minimum absolute atomic E-state index is 0.0491. The van der Waals surface area contributed by atoms with Crippen LogP contribution in [-0.2, 0) is 9.59 Å². The first-order chi connectivity index (χ1) is 13.4. The fraction of sp³-hybridized carbons (Fsp3) is 0.300. The maximum Gasteiger partial charge on any atom is 0.246 e. The molecule has 1 heterocycles. The fourth-order valence-corrected chi connectivity index (χ4v) is 3.04. The Bertz CT molecular complexity index is 904. The molecular weight excluding hydrogens is 368 g/mol. The lowest BCUT2D eigenvalue weighted by molar-refractivity contribution is -0.117. The quantitative estimate of drug-likeness (QED) is 0.793. The van der Waals surface area contributed by atoms with E-state index in [4.69, 9.17) is 4.74 Å². The lowest BCUT2D eigenvalue weighted by Gasteiger charge is -2.21. The summed E-state index contributed by atoms with van der Waals surface area (Å²) in [6, 6.07) is 7.44. The zero-order chi connectivity index (χ0) is 20.3. The zero-order valence-corrected chi connectivity index (χ0v) is 15.6. The SMILES string of the molecule is COc1cc(NC(C)C(=O)Nc2ccc(F)cc2F)ccc1N1CCCC1=O. The monoisotopic (exact) mass is 389 g/mol. The van der Waals surface area contributed by atoms with Gasteiger partial charge in [0, 0.05) is 30.8 Å². The van der Waals surface area contributed by atoms with Crippen molar-refractivity contribution in [2.75, 3.05) is 29.2 Å². The van der Waals surface area contributed by atoms with Crippen LogP contribution in [0.1, 0.15) is 19.8 Å². The summed E-state index contributed by atoms with van der Waals surface area (Å²) in [5, 5.41) is 5.43. The molecule has 6 nitrogen and oxygen atoms in total. The van der Waals surface area contributed by atoms with Gasteiger partial charge in [0.15, 0.2) is 0 Å². The summed E-state index contributed by atoms with van der Waals surface area (Å²) in [6.45, 7) is 2.26. The summed E-state index contributed by atoms with van der Waals surface area (Å²) in [5.41, 5.74) is 1.19. The molecule has 0 aliphatic carbocycles. The first-order valence-electron chi connectivity index (χ1n) is 8.90. The highest BCUT2D eigenvalue weighted by Gasteiger charge is 2.25. The number of carbonyl (C=O) groups is 2. The van der Waals surface area contributed by atoms with Crippen LogP contribution in [0.4, 0.5) is 25.8 Å². The summed E-state index contributed by atoms with van der Waals surface area (Å²) >= 11 is 0. The summed E-state index contributed by atoms with van der Waals surface area (Å²) in [7, 11) is 1.51. The number of hydrogen-bond acceptors (Lipinski definition) is 4. The van der Waals surface area contributed by atoms with E-state index in [2.05, 4.69) is 10.6 Å². The Labute approximate surface area is 161 Å². The van der Waals surface area contributed by atoms with Crippen LogP contribution >= 0.6 is 0 Å². The summed E-state index contributed by atoms with van der Waals surface area (Å²) in [5.74, 6) is -1.49. The van der Waals surface area contributed by atoms with E-state index in [9.17, 15) is 18.4 Å². The number of methoxy groups -OCH3 is 1. The van der Waals surface area contributed by atoms with Crippen molar-refractivity contribution in [2.45, 2.75) is 25.8 Å². The first-order valence-corrected chi connectivity index (χ1v) is 8.90. The van der Waals surface area contributed by atoms with Gasteiger partial charge >= 0.3 is 0 Å². The number of amides is 2. The highest BCUT2D eigenvalue weighted by Crippen LogP contribution is 2.34. The molecule has 1 fully saturated rings. The van der Waals surface area contributed by atoms with Crippen LogP contribution in [0.3, 0.4) is 0 Å². The van der Waals surface area contributed by atoms with E-state index in [0.29, 0.717) is 36.2 Å². The number of nitrogens with zero attached hydrogens (tertiary/aromatic N) is 1. The molecule has 148 valence electrons. The van der Waals surface area contributed by atoms with E-state index in [1.54, 1.807) is 30.0 Å². The summed E-state index contributed by atoms with van der Waals surface area (Å²) < 4.78 is 32.1. The van der Waals surface area contributed by atoms with Gasteiger partial charge < -0.3 is 20.3 Å². The van der Waals surface area contributed by atoms with Gasteiger partial charge in [-0.2, -0.15) is 0 Å². The second kappa shape index (κ2) is 8.24. The molecule has 0 radical (unpaired) electrons. The standard InChI is InChI=1S/C20H21F2N3O3/c1-12(20(27)24-16-7-5-13(21)10-15(16)22)23-14-6-8-17(18(11-14)28-2)25-9-3-4-19(25)26/h5-8,10-12,23H,3-4,9H2,1-2H3,(H,24,27). The number of anilines is 3.